The fourth-order valence-corrected chi connectivity index (χ4v) is 4.41. The fraction of sp³-hybridized carbons (Fsp3) is 0.524. The van der Waals surface area contributed by atoms with E-state index in [2.05, 4.69) is 27.8 Å². The van der Waals surface area contributed by atoms with Crippen LogP contribution in [0.1, 0.15) is 53.5 Å². The maximum Gasteiger partial charge on any atom is 0.266 e. The Morgan fingerprint density at radius 1 is 1.25 bits per heavy atom. The Morgan fingerprint density at radius 3 is 2.46 bits per heavy atom. The van der Waals surface area contributed by atoms with Gasteiger partial charge < -0.3 is 9.47 Å². The molecule has 1 saturated heterocycles. The van der Waals surface area contributed by atoms with Gasteiger partial charge in [0.15, 0.2) is 16.7 Å². The molecule has 1 aliphatic heterocycles. The second-order valence-electron chi connectivity index (χ2n) is 7.26. The van der Waals surface area contributed by atoms with Crippen LogP contribution in [0.25, 0.3) is 6.08 Å². The molecule has 1 aromatic carbocycles. The summed E-state index contributed by atoms with van der Waals surface area (Å²) in [6.07, 6.45) is 2.86. The van der Waals surface area contributed by atoms with Crippen LogP contribution in [-0.2, 0) is 4.79 Å². The maximum atomic E-state index is 12.9. The quantitative estimate of drug-likeness (QED) is 0.479. The summed E-state index contributed by atoms with van der Waals surface area (Å²) >= 11 is 5.00. The second-order valence-corrected chi connectivity index (χ2v) is 9.12. The highest BCUT2D eigenvalue weighted by atomic mass is 79.9. The average molecular weight is 469 g/mol. The van der Waals surface area contributed by atoms with Crippen LogP contribution >= 0.6 is 27.7 Å². The summed E-state index contributed by atoms with van der Waals surface area (Å²) in [5.41, 5.74) is 0.866. The highest BCUT2D eigenvalue weighted by molar-refractivity contribution is 9.10. The first-order chi connectivity index (χ1) is 13.2. The van der Waals surface area contributed by atoms with Crippen molar-refractivity contribution in [3.05, 3.63) is 27.1 Å². The van der Waals surface area contributed by atoms with E-state index in [0.717, 1.165) is 21.6 Å². The van der Waals surface area contributed by atoms with Gasteiger partial charge in [0.05, 0.1) is 22.6 Å². The first kappa shape index (κ1) is 22.8. The van der Waals surface area contributed by atoms with Crippen LogP contribution in [0.3, 0.4) is 0 Å². The summed E-state index contributed by atoms with van der Waals surface area (Å²) in [7, 11) is 1.62. The molecule has 1 atom stereocenters. The largest absolute Gasteiger partial charge is 0.493 e. The molecule has 1 fully saturated rings. The van der Waals surface area contributed by atoms with Crippen LogP contribution in [0.4, 0.5) is 0 Å². The number of aliphatic imine (C=N–C) groups is 1. The smallest absolute Gasteiger partial charge is 0.266 e. The minimum atomic E-state index is -0.0191. The molecule has 7 heteroatoms. The fourth-order valence-electron chi connectivity index (χ4n) is 2.63. The van der Waals surface area contributed by atoms with Crippen molar-refractivity contribution >= 4 is 44.8 Å². The second kappa shape index (κ2) is 9.83. The van der Waals surface area contributed by atoms with Crippen molar-refractivity contribution in [2.45, 2.75) is 66.2 Å². The third-order valence-corrected chi connectivity index (χ3v) is 5.75. The number of carbonyl (C=O) groups is 1. The van der Waals surface area contributed by atoms with Gasteiger partial charge in [0.2, 0.25) is 0 Å². The molecule has 1 heterocycles. The van der Waals surface area contributed by atoms with Crippen LogP contribution in [0, 0.1) is 0 Å². The Kier molecular flexibility index (Phi) is 8.01. The van der Waals surface area contributed by atoms with Gasteiger partial charge in [0.25, 0.3) is 5.91 Å². The monoisotopic (exact) mass is 468 g/mol. The molecule has 0 unspecified atom stereocenters. The Hall–Kier alpha value is -1.47. The molecule has 1 aromatic rings. The molecule has 0 radical (unpaired) electrons. The number of hydrogen-bond acceptors (Lipinski definition) is 5. The number of amidine groups is 1. The molecule has 1 aliphatic rings. The third kappa shape index (κ3) is 5.32. The molecule has 0 aromatic heterocycles. The Morgan fingerprint density at radius 2 is 1.93 bits per heavy atom. The minimum absolute atomic E-state index is 0.0191. The zero-order valence-corrected chi connectivity index (χ0v) is 20.0. The predicted octanol–water partition coefficient (Wildman–Crippen LogP) is 5.72. The van der Waals surface area contributed by atoms with Gasteiger partial charge >= 0.3 is 0 Å². The van der Waals surface area contributed by atoms with Crippen molar-refractivity contribution in [1.29, 1.82) is 0 Å². The van der Waals surface area contributed by atoms with Crippen LogP contribution in [0.15, 0.2) is 26.5 Å². The molecule has 0 spiro atoms. The Bertz CT molecular complexity index is 790. The number of thioether (sulfide) groups is 1. The van der Waals surface area contributed by atoms with Crippen molar-refractivity contribution in [3.63, 3.8) is 0 Å². The van der Waals surface area contributed by atoms with Crippen molar-refractivity contribution in [3.8, 4) is 11.5 Å². The first-order valence-corrected chi connectivity index (χ1v) is 11.1. The SMILES string of the molecule is CC[C@H](C)Oc1c(Br)cc(/C=C2/SC(=NC(C)C)N(C(C)C)C2=O)cc1OC. The lowest BCUT2D eigenvalue weighted by Gasteiger charge is -2.20. The van der Waals surface area contributed by atoms with Crippen molar-refractivity contribution in [1.82, 2.24) is 4.90 Å². The van der Waals surface area contributed by atoms with E-state index in [-0.39, 0.29) is 24.1 Å². The molecule has 1 amide bonds. The minimum Gasteiger partial charge on any atom is -0.493 e. The van der Waals surface area contributed by atoms with Crippen molar-refractivity contribution in [2.75, 3.05) is 7.11 Å². The number of halogens is 1. The standard InChI is InChI=1S/C21H29BrN2O3S/c1-8-14(6)27-19-16(22)9-15(10-17(19)26-7)11-18-20(25)24(13(4)5)21(28-18)23-12(2)3/h9-14H,8H2,1-7H3/b18-11+,23-21?/t14-/m0/s1. The van der Waals surface area contributed by atoms with Crippen LogP contribution in [-0.4, -0.2) is 41.3 Å². The molecule has 154 valence electrons. The first-order valence-electron chi connectivity index (χ1n) is 9.52. The maximum absolute atomic E-state index is 12.9. The number of ether oxygens (including phenoxy) is 2. The van der Waals surface area contributed by atoms with E-state index in [1.54, 1.807) is 12.0 Å². The number of rotatable bonds is 7. The van der Waals surface area contributed by atoms with Gasteiger partial charge in [-0.05, 0) is 92.5 Å². The number of hydrogen-bond donors (Lipinski definition) is 0. The van der Waals surface area contributed by atoms with Crippen molar-refractivity contribution in [2.24, 2.45) is 4.99 Å². The molecule has 2 rings (SSSR count). The van der Waals surface area contributed by atoms with Gasteiger partial charge in [-0.3, -0.25) is 14.7 Å². The molecular weight excluding hydrogens is 440 g/mol. The Labute approximate surface area is 180 Å². The topological polar surface area (TPSA) is 51.1 Å². The molecule has 28 heavy (non-hydrogen) atoms. The summed E-state index contributed by atoms with van der Waals surface area (Å²) in [4.78, 5) is 19.9. The Balaban J connectivity index is 2.42. The van der Waals surface area contributed by atoms with E-state index in [1.165, 1.54) is 11.8 Å². The van der Waals surface area contributed by atoms with Crippen LogP contribution in [0.5, 0.6) is 11.5 Å². The van der Waals surface area contributed by atoms with Gasteiger partial charge in [-0.1, -0.05) is 6.92 Å². The number of methoxy groups -OCH3 is 1. The molecular formula is C21H29BrN2O3S. The third-order valence-electron chi connectivity index (χ3n) is 4.17. The highest BCUT2D eigenvalue weighted by Crippen LogP contribution is 2.40. The van der Waals surface area contributed by atoms with Crippen LogP contribution in [0.2, 0.25) is 0 Å². The lowest BCUT2D eigenvalue weighted by Crippen LogP contribution is -2.35. The predicted molar refractivity (Wildman–Crippen MR) is 121 cm³/mol. The molecule has 0 aliphatic carbocycles. The zero-order chi connectivity index (χ0) is 21.0. The van der Waals surface area contributed by atoms with Gasteiger partial charge in [-0.15, -0.1) is 0 Å². The van der Waals surface area contributed by atoms with Crippen LogP contribution < -0.4 is 9.47 Å². The van der Waals surface area contributed by atoms with Gasteiger partial charge in [-0.2, -0.15) is 0 Å². The lowest BCUT2D eigenvalue weighted by atomic mass is 10.1. The number of carbonyl (C=O) groups excluding carboxylic acids is 1. The summed E-state index contributed by atoms with van der Waals surface area (Å²) < 4.78 is 12.3. The number of amides is 1. The van der Waals surface area contributed by atoms with E-state index >= 15 is 0 Å². The zero-order valence-electron chi connectivity index (χ0n) is 17.6. The summed E-state index contributed by atoms with van der Waals surface area (Å²) in [5.74, 6) is 1.29. The van der Waals surface area contributed by atoms with Gasteiger partial charge in [-0.25, -0.2) is 0 Å². The van der Waals surface area contributed by atoms with Gasteiger partial charge in [0.1, 0.15) is 0 Å². The van der Waals surface area contributed by atoms with E-state index in [4.69, 9.17) is 9.47 Å². The molecule has 0 saturated carbocycles. The van der Waals surface area contributed by atoms with E-state index in [1.807, 2.05) is 52.8 Å². The summed E-state index contributed by atoms with van der Waals surface area (Å²) in [6, 6.07) is 4.01. The normalized spacial score (nSPS) is 18.6. The van der Waals surface area contributed by atoms with Crippen molar-refractivity contribution < 1.29 is 14.3 Å². The average Bonchev–Trinajstić information content (AvgIpc) is 2.91. The molecule has 0 N–H and O–H groups in total. The number of benzene rings is 1. The lowest BCUT2D eigenvalue weighted by molar-refractivity contribution is -0.123. The van der Waals surface area contributed by atoms with E-state index in [0.29, 0.717) is 16.4 Å². The number of nitrogens with zero attached hydrogens (tertiary/aromatic N) is 2. The van der Waals surface area contributed by atoms with Gasteiger partial charge in [0, 0.05) is 12.1 Å². The summed E-state index contributed by atoms with van der Waals surface area (Å²) in [5, 5.41) is 0.754. The molecule has 0 bridgehead atoms. The highest BCUT2D eigenvalue weighted by Gasteiger charge is 2.35. The van der Waals surface area contributed by atoms with E-state index in [9.17, 15) is 4.79 Å². The summed E-state index contributed by atoms with van der Waals surface area (Å²) in [6.45, 7) is 12.1. The van der Waals surface area contributed by atoms with E-state index < -0.39 is 0 Å². The molecule has 5 nitrogen and oxygen atoms in total.